The molecule has 0 radical (unpaired) electrons. The standard InChI is InChI=1S/C16H25N3O11/c20-11(21)5-17-16(30)10(19(8-14(26)27)9-15(28)29)3-1-2-4-18(6-12(22)23)7-13(24)25/h10H,1-9H2,(H,17,30)(H,20,21)(H,22,23)(H,24,25)(H,26,27)(H,28,29)/t10-/m0/s1. The van der Waals surface area contributed by atoms with Gasteiger partial charge in [-0.15, -0.1) is 0 Å². The first-order chi connectivity index (χ1) is 13.9. The number of unbranched alkanes of at least 4 members (excludes halogenated alkanes) is 1. The van der Waals surface area contributed by atoms with E-state index in [1.54, 1.807) is 0 Å². The molecule has 6 N–H and O–H groups in total. The number of carbonyl (C=O) groups excluding carboxylic acids is 1. The molecule has 0 aromatic rings. The molecule has 0 fully saturated rings. The topological polar surface area (TPSA) is 222 Å². The maximum absolute atomic E-state index is 12.3. The van der Waals surface area contributed by atoms with Crippen LogP contribution in [0, 0.1) is 0 Å². The van der Waals surface area contributed by atoms with E-state index in [-0.39, 0.29) is 25.8 Å². The van der Waals surface area contributed by atoms with Crippen LogP contribution in [0.25, 0.3) is 0 Å². The Morgan fingerprint density at radius 1 is 0.667 bits per heavy atom. The minimum atomic E-state index is -1.39. The second kappa shape index (κ2) is 13.8. The summed E-state index contributed by atoms with van der Waals surface area (Å²) in [6.45, 7) is -3.27. The summed E-state index contributed by atoms with van der Waals surface area (Å²) in [7, 11) is 0. The average Bonchev–Trinajstić information content (AvgIpc) is 2.57. The fourth-order valence-corrected chi connectivity index (χ4v) is 2.65. The molecular weight excluding hydrogens is 410 g/mol. The quantitative estimate of drug-likeness (QED) is 0.132. The van der Waals surface area contributed by atoms with Crippen molar-refractivity contribution in [3.05, 3.63) is 0 Å². The first-order valence-corrected chi connectivity index (χ1v) is 8.75. The highest BCUT2D eigenvalue weighted by molar-refractivity contribution is 5.86. The molecule has 0 aliphatic rings. The van der Waals surface area contributed by atoms with E-state index in [2.05, 4.69) is 5.32 Å². The van der Waals surface area contributed by atoms with Gasteiger partial charge in [-0.05, 0) is 19.4 Å². The van der Waals surface area contributed by atoms with Crippen molar-refractivity contribution in [2.75, 3.05) is 39.3 Å². The summed E-state index contributed by atoms with van der Waals surface area (Å²) in [4.78, 5) is 68.6. The first-order valence-electron chi connectivity index (χ1n) is 8.75. The number of nitrogens with zero attached hydrogens (tertiary/aromatic N) is 2. The van der Waals surface area contributed by atoms with E-state index in [1.165, 1.54) is 0 Å². The largest absolute Gasteiger partial charge is 0.480 e. The van der Waals surface area contributed by atoms with Crippen LogP contribution in [0.15, 0.2) is 0 Å². The number of rotatable bonds is 17. The van der Waals surface area contributed by atoms with Crippen molar-refractivity contribution in [2.45, 2.75) is 25.3 Å². The SMILES string of the molecule is O=C(O)CNC(=O)[C@H](CCCCN(CC(=O)O)CC(=O)O)N(CC(=O)O)CC(=O)O. The van der Waals surface area contributed by atoms with E-state index in [9.17, 15) is 28.8 Å². The Balaban J connectivity index is 5.12. The van der Waals surface area contributed by atoms with Gasteiger partial charge in [0.25, 0.3) is 0 Å². The number of carboxylic acids is 5. The van der Waals surface area contributed by atoms with Crippen LogP contribution in [-0.4, -0.2) is 116 Å². The Morgan fingerprint density at radius 2 is 1.13 bits per heavy atom. The minimum Gasteiger partial charge on any atom is -0.480 e. The van der Waals surface area contributed by atoms with E-state index >= 15 is 0 Å². The van der Waals surface area contributed by atoms with Gasteiger partial charge in [-0.3, -0.25) is 38.6 Å². The minimum absolute atomic E-state index is 0.0555. The monoisotopic (exact) mass is 435 g/mol. The van der Waals surface area contributed by atoms with Gasteiger partial charge in [0.05, 0.1) is 32.2 Å². The summed E-state index contributed by atoms with van der Waals surface area (Å²) in [6, 6.07) is -1.26. The summed E-state index contributed by atoms with van der Waals surface area (Å²) in [5, 5.41) is 46.3. The highest BCUT2D eigenvalue weighted by atomic mass is 16.4. The number of nitrogens with one attached hydrogen (secondary N) is 1. The van der Waals surface area contributed by atoms with Crippen molar-refractivity contribution in [3.8, 4) is 0 Å². The predicted molar refractivity (Wildman–Crippen MR) is 96.8 cm³/mol. The molecular formula is C16H25N3O11. The Labute approximate surface area is 170 Å². The molecule has 30 heavy (non-hydrogen) atoms. The Morgan fingerprint density at radius 3 is 1.53 bits per heavy atom. The van der Waals surface area contributed by atoms with E-state index in [0.29, 0.717) is 0 Å². The third kappa shape index (κ3) is 13.0. The summed E-state index contributed by atoms with van der Waals surface area (Å²) in [5.41, 5.74) is 0. The summed E-state index contributed by atoms with van der Waals surface area (Å²) < 4.78 is 0. The van der Waals surface area contributed by atoms with Crippen LogP contribution in [0.5, 0.6) is 0 Å². The van der Waals surface area contributed by atoms with Crippen molar-refractivity contribution < 1.29 is 54.3 Å². The van der Waals surface area contributed by atoms with E-state index < -0.39 is 74.5 Å². The second-order valence-electron chi connectivity index (χ2n) is 6.31. The molecule has 0 aliphatic carbocycles. The van der Waals surface area contributed by atoms with Crippen molar-refractivity contribution in [1.82, 2.24) is 15.1 Å². The van der Waals surface area contributed by atoms with Crippen LogP contribution >= 0.6 is 0 Å². The van der Waals surface area contributed by atoms with Gasteiger partial charge in [-0.1, -0.05) is 6.42 Å². The molecule has 14 heteroatoms. The fraction of sp³-hybridized carbons (Fsp3) is 0.625. The number of carbonyl (C=O) groups is 6. The first kappa shape index (κ1) is 26.7. The second-order valence-corrected chi connectivity index (χ2v) is 6.31. The zero-order valence-electron chi connectivity index (χ0n) is 16.0. The molecule has 0 bridgehead atoms. The van der Waals surface area contributed by atoms with Crippen LogP contribution in [0.4, 0.5) is 0 Å². The Bertz CT molecular complexity index is 620. The highest BCUT2D eigenvalue weighted by Crippen LogP contribution is 2.11. The zero-order chi connectivity index (χ0) is 23.3. The molecule has 0 aliphatic heterocycles. The molecule has 0 saturated carbocycles. The molecule has 0 heterocycles. The number of hydrogen-bond acceptors (Lipinski definition) is 8. The molecule has 170 valence electrons. The lowest BCUT2D eigenvalue weighted by molar-refractivity contribution is -0.146. The molecule has 0 aromatic carbocycles. The van der Waals surface area contributed by atoms with Gasteiger partial charge >= 0.3 is 29.8 Å². The van der Waals surface area contributed by atoms with Crippen LogP contribution in [0.2, 0.25) is 0 Å². The van der Waals surface area contributed by atoms with Crippen LogP contribution in [-0.2, 0) is 28.8 Å². The van der Waals surface area contributed by atoms with Gasteiger partial charge in [0, 0.05) is 0 Å². The van der Waals surface area contributed by atoms with E-state index in [4.69, 9.17) is 25.5 Å². The third-order valence-corrected chi connectivity index (χ3v) is 3.75. The maximum Gasteiger partial charge on any atom is 0.322 e. The number of aliphatic carboxylic acids is 5. The number of amides is 1. The van der Waals surface area contributed by atoms with Crippen molar-refractivity contribution in [3.63, 3.8) is 0 Å². The molecule has 0 rings (SSSR count). The molecule has 14 nitrogen and oxygen atoms in total. The Kier molecular flexibility index (Phi) is 12.3. The molecule has 0 unspecified atom stereocenters. The lowest BCUT2D eigenvalue weighted by Gasteiger charge is -2.28. The molecule has 0 saturated heterocycles. The lowest BCUT2D eigenvalue weighted by Crippen LogP contribution is -2.51. The predicted octanol–water partition coefficient (Wildman–Crippen LogP) is -2.33. The molecule has 0 aromatic heterocycles. The van der Waals surface area contributed by atoms with Gasteiger partial charge < -0.3 is 30.8 Å². The third-order valence-electron chi connectivity index (χ3n) is 3.75. The van der Waals surface area contributed by atoms with Gasteiger partial charge in [0.1, 0.15) is 6.54 Å². The fourth-order valence-electron chi connectivity index (χ4n) is 2.65. The van der Waals surface area contributed by atoms with Crippen LogP contribution in [0.3, 0.4) is 0 Å². The summed E-state index contributed by atoms with van der Waals surface area (Å²) >= 11 is 0. The normalized spacial score (nSPS) is 11.8. The maximum atomic E-state index is 12.3. The lowest BCUT2D eigenvalue weighted by atomic mass is 10.1. The van der Waals surface area contributed by atoms with Gasteiger partial charge in [0.2, 0.25) is 5.91 Å². The molecule has 1 atom stereocenters. The van der Waals surface area contributed by atoms with Crippen molar-refractivity contribution >= 4 is 35.8 Å². The van der Waals surface area contributed by atoms with Gasteiger partial charge in [0.15, 0.2) is 0 Å². The van der Waals surface area contributed by atoms with Gasteiger partial charge in [-0.2, -0.15) is 0 Å². The number of carboxylic acid groups (broad SMARTS) is 5. The highest BCUT2D eigenvalue weighted by Gasteiger charge is 2.29. The smallest absolute Gasteiger partial charge is 0.322 e. The molecule has 0 spiro atoms. The van der Waals surface area contributed by atoms with Crippen LogP contribution in [0.1, 0.15) is 19.3 Å². The van der Waals surface area contributed by atoms with Crippen LogP contribution < -0.4 is 5.32 Å². The van der Waals surface area contributed by atoms with E-state index in [1.807, 2.05) is 0 Å². The molecule has 1 amide bonds. The van der Waals surface area contributed by atoms with E-state index in [0.717, 1.165) is 9.80 Å². The van der Waals surface area contributed by atoms with Gasteiger partial charge in [-0.25, -0.2) is 0 Å². The van der Waals surface area contributed by atoms with Crippen molar-refractivity contribution in [2.24, 2.45) is 0 Å². The number of hydrogen-bond donors (Lipinski definition) is 6. The summed E-state index contributed by atoms with van der Waals surface area (Å²) in [6.07, 6.45) is 0.369. The van der Waals surface area contributed by atoms with Crippen molar-refractivity contribution in [1.29, 1.82) is 0 Å². The average molecular weight is 435 g/mol. The zero-order valence-corrected chi connectivity index (χ0v) is 16.0. The summed E-state index contributed by atoms with van der Waals surface area (Å²) in [5.74, 6) is -7.44. The Hall–Kier alpha value is -3.26.